The summed E-state index contributed by atoms with van der Waals surface area (Å²) in [6.45, 7) is 3.49. The third-order valence-corrected chi connectivity index (χ3v) is 3.80. The summed E-state index contributed by atoms with van der Waals surface area (Å²) in [5, 5.41) is 10.7. The summed E-state index contributed by atoms with van der Waals surface area (Å²) in [6, 6.07) is 11.5. The summed E-state index contributed by atoms with van der Waals surface area (Å²) in [5.74, 6) is 1.25. The van der Waals surface area contributed by atoms with Gasteiger partial charge in [-0.05, 0) is 42.5 Å². The maximum absolute atomic E-state index is 12.8. The molecule has 0 radical (unpaired) electrons. The van der Waals surface area contributed by atoms with E-state index in [1.54, 1.807) is 24.3 Å². The Kier molecular flexibility index (Phi) is 6.24. The van der Waals surface area contributed by atoms with Crippen molar-refractivity contribution in [2.45, 2.75) is 6.18 Å². The lowest BCUT2D eigenvalue weighted by atomic mass is 10.2. The smallest absolute Gasteiger partial charge is 0.416 e. The van der Waals surface area contributed by atoms with Gasteiger partial charge in [0.1, 0.15) is 5.75 Å². The maximum atomic E-state index is 12.8. The van der Waals surface area contributed by atoms with Gasteiger partial charge in [-0.25, -0.2) is 4.99 Å². The molecule has 3 aromatic rings. The molecule has 0 aliphatic heterocycles. The maximum Gasteiger partial charge on any atom is 0.416 e. The molecule has 8 nitrogen and oxygen atoms in total. The second-order valence-corrected chi connectivity index (χ2v) is 6.15. The Morgan fingerprint density at radius 3 is 2.52 bits per heavy atom. The standard InChI is InChI=1S/C20H18F3N7O/c1-2-26-17(11-16(24)25)31-15-8-6-12(7-9-15)18-28-19(30-29-18)27-14-5-3-4-13(10-14)20(21,22)23/h2-11H,1,24-25H2,(H2,27,28,29,30)/b26-17+. The normalized spacial score (nSPS) is 11.6. The van der Waals surface area contributed by atoms with Gasteiger partial charge in [-0.2, -0.15) is 13.2 Å². The first-order valence-corrected chi connectivity index (χ1v) is 8.81. The average Bonchev–Trinajstić information content (AvgIpc) is 3.16. The van der Waals surface area contributed by atoms with Crippen molar-refractivity contribution in [3.63, 3.8) is 0 Å². The van der Waals surface area contributed by atoms with Crippen LogP contribution in [-0.4, -0.2) is 21.1 Å². The van der Waals surface area contributed by atoms with Crippen molar-refractivity contribution in [3.05, 3.63) is 78.8 Å². The number of H-pyrrole nitrogens is 1. The third-order valence-electron chi connectivity index (χ3n) is 3.80. The Hall–Kier alpha value is -4.28. The predicted molar refractivity (Wildman–Crippen MR) is 111 cm³/mol. The number of nitrogens with one attached hydrogen (secondary N) is 2. The minimum absolute atomic E-state index is 0.0275. The quantitative estimate of drug-likeness (QED) is 0.348. The number of ether oxygens (including phenoxy) is 1. The number of benzene rings is 2. The molecule has 0 amide bonds. The van der Waals surface area contributed by atoms with Crippen LogP contribution in [-0.2, 0) is 6.18 Å². The van der Waals surface area contributed by atoms with Gasteiger partial charge in [0.25, 0.3) is 0 Å². The summed E-state index contributed by atoms with van der Waals surface area (Å²) in [6.07, 6.45) is -1.80. The number of aromatic amines is 1. The number of hydrogen-bond acceptors (Lipinski definition) is 7. The molecule has 1 aromatic heterocycles. The van der Waals surface area contributed by atoms with Crippen LogP contribution >= 0.6 is 0 Å². The summed E-state index contributed by atoms with van der Waals surface area (Å²) in [7, 11) is 0. The molecule has 0 fully saturated rings. The van der Waals surface area contributed by atoms with E-state index in [9.17, 15) is 13.2 Å². The third kappa shape index (κ3) is 5.85. The molecule has 0 atom stereocenters. The Morgan fingerprint density at radius 2 is 1.87 bits per heavy atom. The van der Waals surface area contributed by atoms with Crippen LogP contribution in [0.15, 0.2) is 78.2 Å². The molecule has 0 unspecified atom stereocenters. The van der Waals surface area contributed by atoms with Crippen LogP contribution in [0.1, 0.15) is 5.56 Å². The molecule has 0 spiro atoms. The first-order valence-electron chi connectivity index (χ1n) is 8.81. The van der Waals surface area contributed by atoms with E-state index in [-0.39, 0.29) is 23.4 Å². The van der Waals surface area contributed by atoms with Crippen molar-refractivity contribution in [2.75, 3.05) is 5.32 Å². The molecule has 0 bridgehead atoms. The molecule has 0 saturated carbocycles. The number of rotatable bonds is 6. The highest BCUT2D eigenvalue weighted by atomic mass is 19.4. The lowest BCUT2D eigenvalue weighted by Crippen LogP contribution is -2.14. The Bertz CT molecular complexity index is 1110. The molecule has 6 N–H and O–H groups in total. The van der Waals surface area contributed by atoms with Crippen LogP contribution in [0.2, 0.25) is 0 Å². The van der Waals surface area contributed by atoms with E-state index in [2.05, 4.69) is 32.1 Å². The molecular weight excluding hydrogens is 411 g/mol. The van der Waals surface area contributed by atoms with E-state index in [1.807, 2.05) is 0 Å². The summed E-state index contributed by atoms with van der Waals surface area (Å²) < 4.78 is 44.1. The lowest BCUT2D eigenvalue weighted by Gasteiger charge is -2.08. The number of nitrogens with two attached hydrogens (primary N) is 2. The Morgan fingerprint density at radius 1 is 1.13 bits per heavy atom. The highest BCUT2D eigenvalue weighted by Crippen LogP contribution is 2.31. The molecule has 3 rings (SSSR count). The molecule has 2 aromatic carbocycles. The minimum atomic E-state index is -4.43. The SMILES string of the molecule is C=C/N=C(\C=C(N)N)Oc1ccc(-c2nnc(Nc3cccc(C(F)(F)F)c3)[nH]2)cc1. The molecule has 31 heavy (non-hydrogen) atoms. The highest BCUT2D eigenvalue weighted by Gasteiger charge is 2.30. The zero-order valence-corrected chi connectivity index (χ0v) is 16.0. The molecule has 160 valence electrons. The predicted octanol–water partition coefficient (Wildman–Crippen LogP) is 3.91. The highest BCUT2D eigenvalue weighted by molar-refractivity contribution is 5.90. The lowest BCUT2D eigenvalue weighted by molar-refractivity contribution is -0.137. The molecule has 0 aliphatic rings. The molecule has 1 heterocycles. The fourth-order valence-electron chi connectivity index (χ4n) is 2.49. The zero-order valence-electron chi connectivity index (χ0n) is 16.0. The number of aliphatic imine (C=N–C) groups is 1. The largest absolute Gasteiger partial charge is 0.439 e. The van der Waals surface area contributed by atoms with E-state index < -0.39 is 11.7 Å². The van der Waals surface area contributed by atoms with Gasteiger partial charge in [-0.3, -0.25) is 0 Å². The topological polar surface area (TPSA) is 127 Å². The van der Waals surface area contributed by atoms with E-state index in [4.69, 9.17) is 16.2 Å². The van der Waals surface area contributed by atoms with Gasteiger partial charge in [-0.15, -0.1) is 10.2 Å². The van der Waals surface area contributed by atoms with Crippen molar-refractivity contribution in [3.8, 4) is 17.1 Å². The first kappa shape index (κ1) is 21.4. The van der Waals surface area contributed by atoms with Gasteiger partial charge < -0.3 is 26.5 Å². The van der Waals surface area contributed by atoms with Gasteiger partial charge in [0.15, 0.2) is 5.82 Å². The summed E-state index contributed by atoms with van der Waals surface area (Å²) in [5.41, 5.74) is 11.0. The number of anilines is 2. The summed E-state index contributed by atoms with van der Waals surface area (Å²) in [4.78, 5) is 6.83. The Labute approximate surface area is 175 Å². The van der Waals surface area contributed by atoms with E-state index >= 15 is 0 Å². The van der Waals surface area contributed by atoms with Crippen molar-refractivity contribution in [1.82, 2.24) is 15.2 Å². The van der Waals surface area contributed by atoms with Crippen molar-refractivity contribution >= 4 is 17.5 Å². The number of nitrogens with zero attached hydrogens (tertiary/aromatic N) is 3. The van der Waals surface area contributed by atoms with Crippen LogP contribution in [0.4, 0.5) is 24.8 Å². The molecule has 0 saturated heterocycles. The molecular formula is C20H18F3N7O. The average molecular weight is 429 g/mol. The van der Waals surface area contributed by atoms with Gasteiger partial charge in [0.2, 0.25) is 11.8 Å². The van der Waals surface area contributed by atoms with Crippen LogP contribution in [0.3, 0.4) is 0 Å². The van der Waals surface area contributed by atoms with E-state index in [1.165, 1.54) is 24.4 Å². The molecule has 11 heteroatoms. The molecule has 0 aliphatic carbocycles. The number of aromatic nitrogens is 3. The van der Waals surface area contributed by atoms with E-state index in [0.29, 0.717) is 17.1 Å². The van der Waals surface area contributed by atoms with E-state index in [0.717, 1.165) is 12.1 Å². The fourth-order valence-corrected chi connectivity index (χ4v) is 2.49. The van der Waals surface area contributed by atoms with Gasteiger partial charge in [-0.1, -0.05) is 12.6 Å². The van der Waals surface area contributed by atoms with Crippen LogP contribution in [0.5, 0.6) is 5.75 Å². The van der Waals surface area contributed by atoms with Crippen molar-refractivity contribution in [1.29, 1.82) is 0 Å². The Balaban J connectivity index is 1.72. The van der Waals surface area contributed by atoms with Crippen LogP contribution in [0.25, 0.3) is 11.4 Å². The minimum Gasteiger partial charge on any atom is -0.439 e. The number of alkyl halides is 3. The first-order chi connectivity index (χ1) is 14.7. The zero-order chi connectivity index (χ0) is 22.4. The second-order valence-electron chi connectivity index (χ2n) is 6.15. The van der Waals surface area contributed by atoms with Gasteiger partial charge in [0.05, 0.1) is 11.4 Å². The van der Waals surface area contributed by atoms with Crippen molar-refractivity contribution < 1.29 is 17.9 Å². The summed E-state index contributed by atoms with van der Waals surface area (Å²) >= 11 is 0. The van der Waals surface area contributed by atoms with Gasteiger partial charge >= 0.3 is 6.18 Å². The monoisotopic (exact) mass is 429 g/mol. The van der Waals surface area contributed by atoms with Crippen molar-refractivity contribution in [2.24, 2.45) is 16.5 Å². The number of hydrogen-bond donors (Lipinski definition) is 4. The van der Waals surface area contributed by atoms with Crippen LogP contribution < -0.4 is 21.5 Å². The second kappa shape index (κ2) is 9.03. The number of halogens is 3. The van der Waals surface area contributed by atoms with Crippen LogP contribution in [0, 0.1) is 0 Å². The van der Waals surface area contributed by atoms with Gasteiger partial charge in [0, 0.05) is 23.5 Å². The fraction of sp³-hybridized carbons (Fsp3) is 0.0500.